The first-order valence-corrected chi connectivity index (χ1v) is 9.14. The fourth-order valence-electron chi connectivity index (χ4n) is 3.84. The molecule has 1 spiro atoms. The maximum absolute atomic E-state index is 12.6. The van der Waals surface area contributed by atoms with Crippen LogP contribution >= 0.6 is 0 Å². The molecule has 3 amide bonds. The summed E-state index contributed by atoms with van der Waals surface area (Å²) in [5, 5.41) is 6.00. The number of hydrogen-bond donors (Lipinski definition) is 2. The zero-order chi connectivity index (χ0) is 17.7. The summed E-state index contributed by atoms with van der Waals surface area (Å²) in [6.07, 6.45) is 3.07. The van der Waals surface area contributed by atoms with Gasteiger partial charge in [-0.25, -0.2) is 4.79 Å². The van der Waals surface area contributed by atoms with Crippen LogP contribution in [0.1, 0.15) is 24.8 Å². The van der Waals surface area contributed by atoms with E-state index < -0.39 is 0 Å². The molecule has 1 aromatic carbocycles. The van der Waals surface area contributed by atoms with Gasteiger partial charge in [0.05, 0.1) is 0 Å². The van der Waals surface area contributed by atoms with Gasteiger partial charge in [0.15, 0.2) is 0 Å². The van der Waals surface area contributed by atoms with Crippen molar-refractivity contribution in [2.24, 2.45) is 0 Å². The van der Waals surface area contributed by atoms with Gasteiger partial charge in [0, 0.05) is 44.7 Å². The SMILES string of the molecule is CN1CCN(C(=O)NCCc2ccccc2)C[C@]12CCNC(=O)CC2. The molecule has 2 saturated heterocycles. The fraction of sp³-hybridized carbons (Fsp3) is 0.579. The number of likely N-dealkylation sites (N-methyl/N-ethyl adjacent to an activating group) is 1. The molecule has 1 atom stereocenters. The van der Waals surface area contributed by atoms with E-state index in [0.29, 0.717) is 26.1 Å². The molecule has 0 bridgehead atoms. The Bertz CT molecular complexity index is 607. The number of nitrogens with zero attached hydrogens (tertiary/aromatic N) is 2. The Hall–Kier alpha value is -2.08. The van der Waals surface area contributed by atoms with E-state index in [1.807, 2.05) is 23.1 Å². The first-order chi connectivity index (χ1) is 12.1. The average Bonchev–Trinajstić information content (AvgIpc) is 2.81. The third kappa shape index (κ3) is 4.31. The highest BCUT2D eigenvalue weighted by molar-refractivity contribution is 5.76. The molecule has 0 saturated carbocycles. The molecule has 6 heteroatoms. The second-order valence-corrected chi connectivity index (χ2v) is 7.13. The fourth-order valence-corrected chi connectivity index (χ4v) is 3.84. The Morgan fingerprint density at radius 1 is 1.24 bits per heavy atom. The standard InChI is InChI=1S/C19H28N4O2/c1-22-13-14-23(15-19(22)9-7-17(24)20-12-10-19)18(25)21-11-8-16-5-3-2-4-6-16/h2-6H,7-15H2,1H3,(H,20,24)(H,21,25)/t19-/m0/s1. The monoisotopic (exact) mass is 344 g/mol. The van der Waals surface area contributed by atoms with Crippen molar-refractivity contribution in [3.63, 3.8) is 0 Å². The minimum absolute atomic E-state index is 0.00642. The molecule has 136 valence electrons. The van der Waals surface area contributed by atoms with Crippen LogP contribution in [0.15, 0.2) is 30.3 Å². The molecule has 0 aromatic heterocycles. The summed E-state index contributed by atoms with van der Waals surface area (Å²) >= 11 is 0. The van der Waals surface area contributed by atoms with Gasteiger partial charge in [-0.3, -0.25) is 9.69 Å². The van der Waals surface area contributed by atoms with Crippen molar-refractivity contribution in [2.75, 3.05) is 39.8 Å². The van der Waals surface area contributed by atoms with E-state index in [1.54, 1.807) is 0 Å². The lowest BCUT2D eigenvalue weighted by Gasteiger charge is -2.49. The van der Waals surface area contributed by atoms with E-state index in [2.05, 4.69) is 34.7 Å². The zero-order valence-corrected chi connectivity index (χ0v) is 15.0. The van der Waals surface area contributed by atoms with Crippen LogP contribution < -0.4 is 10.6 Å². The van der Waals surface area contributed by atoms with Gasteiger partial charge in [-0.1, -0.05) is 30.3 Å². The third-order valence-corrected chi connectivity index (χ3v) is 5.55. The predicted octanol–water partition coefficient (Wildman–Crippen LogP) is 1.22. The minimum atomic E-state index is -0.0891. The van der Waals surface area contributed by atoms with Gasteiger partial charge in [0.1, 0.15) is 0 Å². The van der Waals surface area contributed by atoms with Crippen molar-refractivity contribution < 1.29 is 9.59 Å². The minimum Gasteiger partial charge on any atom is -0.356 e. The average molecular weight is 344 g/mol. The van der Waals surface area contributed by atoms with Crippen LogP contribution in [0, 0.1) is 0 Å². The number of amides is 3. The number of urea groups is 1. The van der Waals surface area contributed by atoms with Crippen molar-refractivity contribution in [2.45, 2.75) is 31.2 Å². The lowest BCUT2D eigenvalue weighted by Crippen LogP contribution is -2.63. The van der Waals surface area contributed by atoms with Crippen molar-refractivity contribution >= 4 is 11.9 Å². The first-order valence-electron chi connectivity index (χ1n) is 9.14. The number of benzene rings is 1. The van der Waals surface area contributed by atoms with Gasteiger partial charge in [0.2, 0.25) is 5.91 Å². The quantitative estimate of drug-likeness (QED) is 0.867. The molecule has 2 fully saturated rings. The van der Waals surface area contributed by atoms with Gasteiger partial charge < -0.3 is 15.5 Å². The van der Waals surface area contributed by atoms with Gasteiger partial charge in [-0.05, 0) is 31.9 Å². The van der Waals surface area contributed by atoms with Crippen LogP contribution in [-0.4, -0.2) is 67.0 Å². The van der Waals surface area contributed by atoms with E-state index in [1.165, 1.54) is 5.56 Å². The Balaban J connectivity index is 1.55. The van der Waals surface area contributed by atoms with Crippen LogP contribution in [0.2, 0.25) is 0 Å². The Morgan fingerprint density at radius 2 is 2.04 bits per heavy atom. The first kappa shape index (κ1) is 17.7. The van der Waals surface area contributed by atoms with Crippen molar-refractivity contribution in [3.8, 4) is 0 Å². The van der Waals surface area contributed by atoms with E-state index in [9.17, 15) is 9.59 Å². The number of nitrogens with one attached hydrogen (secondary N) is 2. The number of carbonyl (C=O) groups is 2. The summed E-state index contributed by atoms with van der Waals surface area (Å²) in [5.74, 6) is 0.120. The number of hydrogen-bond acceptors (Lipinski definition) is 3. The van der Waals surface area contributed by atoms with E-state index in [-0.39, 0.29) is 17.5 Å². The molecule has 2 N–H and O–H groups in total. The summed E-state index contributed by atoms with van der Waals surface area (Å²) in [4.78, 5) is 28.5. The smallest absolute Gasteiger partial charge is 0.317 e. The van der Waals surface area contributed by atoms with Crippen LogP contribution in [0.4, 0.5) is 4.79 Å². The highest BCUT2D eigenvalue weighted by Gasteiger charge is 2.42. The van der Waals surface area contributed by atoms with Gasteiger partial charge in [-0.15, -0.1) is 0 Å². The maximum atomic E-state index is 12.6. The molecule has 2 heterocycles. The molecule has 1 aromatic rings. The summed E-state index contributed by atoms with van der Waals surface area (Å²) in [6.45, 7) is 3.60. The molecule has 2 aliphatic rings. The van der Waals surface area contributed by atoms with Crippen LogP contribution in [0.3, 0.4) is 0 Å². The summed E-state index contributed by atoms with van der Waals surface area (Å²) in [5.41, 5.74) is 1.14. The molecule has 0 unspecified atom stereocenters. The van der Waals surface area contributed by atoms with Gasteiger partial charge >= 0.3 is 6.03 Å². The van der Waals surface area contributed by atoms with E-state index in [0.717, 1.165) is 32.4 Å². The molecule has 25 heavy (non-hydrogen) atoms. The third-order valence-electron chi connectivity index (χ3n) is 5.55. The molecule has 0 radical (unpaired) electrons. The summed E-state index contributed by atoms with van der Waals surface area (Å²) < 4.78 is 0. The lowest BCUT2D eigenvalue weighted by atomic mass is 9.86. The maximum Gasteiger partial charge on any atom is 0.317 e. The van der Waals surface area contributed by atoms with Gasteiger partial charge in [-0.2, -0.15) is 0 Å². The van der Waals surface area contributed by atoms with Crippen LogP contribution in [-0.2, 0) is 11.2 Å². The molecule has 0 aliphatic carbocycles. The van der Waals surface area contributed by atoms with Gasteiger partial charge in [0.25, 0.3) is 0 Å². The van der Waals surface area contributed by atoms with Crippen molar-refractivity contribution in [1.82, 2.24) is 20.4 Å². The normalized spacial score (nSPS) is 24.7. The zero-order valence-electron chi connectivity index (χ0n) is 15.0. The second-order valence-electron chi connectivity index (χ2n) is 7.13. The topological polar surface area (TPSA) is 64.7 Å². The molecule has 3 rings (SSSR count). The number of rotatable bonds is 3. The predicted molar refractivity (Wildman–Crippen MR) is 97.3 cm³/mol. The largest absolute Gasteiger partial charge is 0.356 e. The Kier molecular flexibility index (Phi) is 5.58. The Labute approximate surface area is 149 Å². The molecule has 2 aliphatic heterocycles. The molecule has 6 nitrogen and oxygen atoms in total. The van der Waals surface area contributed by atoms with Crippen molar-refractivity contribution in [3.05, 3.63) is 35.9 Å². The van der Waals surface area contributed by atoms with Crippen LogP contribution in [0.5, 0.6) is 0 Å². The number of piperazine rings is 1. The summed E-state index contributed by atoms with van der Waals surface area (Å²) in [6, 6.07) is 10.2. The van der Waals surface area contributed by atoms with E-state index in [4.69, 9.17) is 0 Å². The van der Waals surface area contributed by atoms with Crippen LogP contribution in [0.25, 0.3) is 0 Å². The molecular formula is C19H28N4O2. The van der Waals surface area contributed by atoms with E-state index >= 15 is 0 Å². The highest BCUT2D eigenvalue weighted by atomic mass is 16.2. The lowest BCUT2D eigenvalue weighted by molar-refractivity contribution is -0.121. The molecular weight excluding hydrogens is 316 g/mol. The highest BCUT2D eigenvalue weighted by Crippen LogP contribution is 2.30. The summed E-state index contributed by atoms with van der Waals surface area (Å²) in [7, 11) is 2.11. The number of carbonyl (C=O) groups excluding carboxylic acids is 2. The Morgan fingerprint density at radius 3 is 2.84 bits per heavy atom. The second kappa shape index (κ2) is 7.87. The van der Waals surface area contributed by atoms with Crippen molar-refractivity contribution in [1.29, 1.82) is 0 Å².